The normalized spacial score (nSPS) is 16.8. The molecule has 1 saturated heterocycles. The molecule has 0 unspecified atom stereocenters. The van der Waals surface area contributed by atoms with Crippen LogP contribution in [0.25, 0.3) is 0 Å². The van der Waals surface area contributed by atoms with Crippen LogP contribution in [0.3, 0.4) is 0 Å². The van der Waals surface area contributed by atoms with Crippen LogP contribution >= 0.6 is 0 Å². The lowest BCUT2D eigenvalue weighted by atomic mass is 10.0. The molecule has 1 aliphatic heterocycles. The Morgan fingerprint density at radius 2 is 1.76 bits per heavy atom. The predicted octanol–water partition coefficient (Wildman–Crippen LogP) is 2.56. The summed E-state index contributed by atoms with van der Waals surface area (Å²) in [6.07, 6.45) is 1.69. The highest BCUT2D eigenvalue weighted by Crippen LogP contribution is 2.31. The van der Waals surface area contributed by atoms with E-state index in [1.807, 2.05) is 0 Å². The van der Waals surface area contributed by atoms with Gasteiger partial charge in [0.2, 0.25) is 0 Å². The lowest BCUT2D eigenvalue weighted by Crippen LogP contribution is -2.49. The average Bonchev–Trinajstić information content (AvgIpc) is 2.47. The van der Waals surface area contributed by atoms with Crippen LogP contribution in [-0.4, -0.2) is 53.6 Å². The van der Waals surface area contributed by atoms with Gasteiger partial charge in [0, 0.05) is 44.3 Å². The van der Waals surface area contributed by atoms with E-state index in [9.17, 15) is 0 Å². The second-order valence-corrected chi connectivity index (χ2v) is 6.26. The van der Waals surface area contributed by atoms with Gasteiger partial charge in [-0.2, -0.15) is 0 Å². The van der Waals surface area contributed by atoms with Crippen molar-refractivity contribution in [3.63, 3.8) is 0 Å². The highest BCUT2D eigenvalue weighted by Gasteiger charge is 2.24. The molecule has 0 saturated carbocycles. The van der Waals surface area contributed by atoms with E-state index in [1.54, 1.807) is 6.33 Å². The molecule has 0 amide bonds. The van der Waals surface area contributed by atoms with Crippen molar-refractivity contribution < 1.29 is 0 Å². The summed E-state index contributed by atoms with van der Waals surface area (Å²) in [5, 5.41) is 3.38. The number of hydrogen-bond acceptors (Lipinski definition) is 5. The second kappa shape index (κ2) is 7.07. The van der Waals surface area contributed by atoms with Gasteiger partial charge in [-0.1, -0.05) is 13.8 Å². The molecule has 0 atom stereocenters. The van der Waals surface area contributed by atoms with Crippen LogP contribution in [0.5, 0.6) is 0 Å². The number of anilines is 2. The average molecular weight is 291 g/mol. The first-order valence-corrected chi connectivity index (χ1v) is 8.12. The Morgan fingerprint density at radius 1 is 1.10 bits per heavy atom. The maximum Gasteiger partial charge on any atom is 0.137 e. The third-order valence-corrected chi connectivity index (χ3v) is 4.13. The van der Waals surface area contributed by atoms with Crippen LogP contribution in [0, 0.1) is 0 Å². The zero-order valence-corrected chi connectivity index (χ0v) is 14.1. The van der Waals surface area contributed by atoms with E-state index < -0.39 is 0 Å². The molecule has 0 spiro atoms. The van der Waals surface area contributed by atoms with Gasteiger partial charge < -0.3 is 10.2 Å². The third-order valence-electron chi connectivity index (χ3n) is 4.13. The Labute approximate surface area is 128 Å². The molecule has 118 valence electrons. The lowest BCUT2D eigenvalue weighted by Gasteiger charge is -2.38. The van der Waals surface area contributed by atoms with Crippen molar-refractivity contribution >= 4 is 11.6 Å². The molecule has 0 bridgehead atoms. The number of rotatable bonds is 5. The van der Waals surface area contributed by atoms with Crippen LogP contribution in [0.2, 0.25) is 0 Å². The van der Waals surface area contributed by atoms with Crippen molar-refractivity contribution in [3.05, 3.63) is 11.9 Å². The number of aromatic nitrogens is 2. The summed E-state index contributed by atoms with van der Waals surface area (Å²) in [6.45, 7) is 16.3. The third kappa shape index (κ3) is 3.64. The van der Waals surface area contributed by atoms with Gasteiger partial charge in [-0.15, -0.1) is 0 Å². The number of nitrogens with one attached hydrogen (secondary N) is 1. The molecule has 1 aromatic rings. The van der Waals surface area contributed by atoms with Gasteiger partial charge >= 0.3 is 0 Å². The van der Waals surface area contributed by atoms with Crippen molar-refractivity contribution in [2.45, 2.75) is 46.6 Å². The molecule has 0 aliphatic carbocycles. The molecular formula is C16H29N5. The van der Waals surface area contributed by atoms with Crippen LogP contribution in [0.15, 0.2) is 6.33 Å². The zero-order chi connectivity index (χ0) is 15.4. The summed E-state index contributed by atoms with van der Waals surface area (Å²) >= 11 is 0. The van der Waals surface area contributed by atoms with E-state index in [2.05, 4.69) is 59.7 Å². The van der Waals surface area contributed by atoms with Crippen LogP contribution in [0.1, 0.15) is 46.1 Å². The first-order valence-electron chi connectivity index (χ1n) is 8.12. The molecule has 2 heterocycles. The quantitative estimate of drug-likeness (QED) is 0.903. The highest BCUT2D eigenvalue weighted by atomic mass is 15.3. The minimum absolute atomic E-state index is 0.415. The fourth-order valence-corrected chi connectivity index (χ4v) is 2.93. The predicted molar refractivity (Wildman–Crippen MR) is 89.2 cm³/mol. The lowest BCUT2D eigenvalue weighted by molar-refractivity contribution is 0.209. The van der Waals surface area contributed by atoms with E-state index in [1.165, 1.54) is 5.56 Å². The van der Waals surface area contributed by atoms with Gasteiger partial charge in [0.15, 0.2) is 0 Å². The molecule has 1 N–H and O–H groups in total. The molecule has 1 fully saturated rings. The summed E-state index contributed by atoms with van der Waals surface area (Å²) < 4.78 is 0. The van der Waals surface area contributed by atoms with Crippen LogP contribution in [-0.2, 0) is 0 Å². The largest absolute Gasteiger partial charge is 0.370 e. The standard InChI is InChI=1S/C16H29N5/c1-6-17-15-14(12(2)3)16(19-11-18-15)21-9-7-20(8-10-21)13(4)5/h11-13H,6-10H2,1-5H3,(H,17,18,19). The topological polar surface area (TPSA) is 44.3 Å². The van der Waals surface area contributed by atoms with E-state index in [-0.39, 0.29) is 0 Å². The first kappa shape index (κ1) is 16.0. The Hall–Kier alpha value is -1.36. The van der Waals surface area contributed by atoms with Gasteiger partial charge in [-0.25, -0.2) is 9.97 Å². The van der Waals surface area contributed by atoms with E-state index in [0.29, 0.717) is 12.0 Å². The molecule has 0 aromatic carbocycles. The molecule has 1 aromatic heterocycles. The van der Waals surface area contributed by atoms with Gasteiger partial charge in [-0.3, -0.25) is 4.90 Å². The summed E-state index contributed by atoms with van der Waals surface area (Å²) in [7, 11) is 0. The fraction of sp³-hybridized carbons (Fsp3) is 0.750. The maximum absolute atomic E-state index is 4.59. The van der Waals surface area contributed by atoms with Gasteiger partial charge in [-0.05, 0) is 26.7 Å². The Bertz CT molecular complexity index is 450. The SMILES string of the molecule is CCNc1ncnc(N2CCN(C(C)C)CC2)c1C(C)C. The van der Waals surface area contributed by atoms with E-state index >= 15 is 0 Å². The molecule has 5 heteroatoms. The zero-order valence-electron chi connectivity index (χ0n) is 14.1. The minimum atomic E-state index is 0.415. The van der Waals surface area contributed by atoms with Gasteiger partial charge in [0.1, 0.15) is 18.0 Å². The Balaban J connectivity index is 2.22. The molecule has 5 nitrogen and oxygen atoms in total. The first-order chi connectivity index (χ1) is 10.0. The van der Waals surface area contributed by atoms with E-state index in [4.69, 9.17) is 0 Å². The molecule has 0 radical (unpaired) electrons. The monoisotopic (exact) mass is 291 g/mol. The summed E-state index contributed by atoms with van der Waals surface area (Å²) in [6, 6.07) is 0.624. The molecule has 1 aliphatic rings. The maximum atomic E-state index is 4.59. The smallest absolute Gasteiger partial charge is 0.137 e. The fourth-order valence-electron chi connectivity index (χ4n) is 2.93. The van der Waals surface area contributed by atoms with Crippen molar-refractivity contribution in [2.24, 2.45) is 0 Å². The van der Waals surface area contributed by atoms with Crippen molar-refractivity contribution in [1.29, 1.82) is 0 Å². The van der Waals surface area contributed by atoms with Crippen LogP contribution < -0.4 is 10.2 Å². The number of hydrogen-bond donors (Lipinski definition) is 1. The summed E-state index contributed by atoms with van der Waals surface area (Å²) in [5.41, 5.74) is 1.25. The number of piperazine rings is 1. The molecular weight excluding hydrogens is 262 g/mol. The van der Waals surface area contributed by atoms with Gasteiger partial charge in [0.25, 0.3) is 0 Å². The second-order valence-electron chi connectivity index (χ2n) is 6.26. The minimum Gasteiger partial charge on any atom is -0.370 e. The highest BCUT2D eigenvalue weighted by molar-refractivity contribution is 5.60. The summed E-state index contributed by atoms with van der Waals surface area (Å²) in [5.74, 6) is 2.52. The Morgan fingerprint density at radius 3 is 2.29 bits per heavy atom. The van der Waals surface area contributed by atoms with Crippen molar-refractivity contribution in [3.8, 4) is 0 Å². The van der Waals surface area contributed by atoms with Crippen molar-refractivity contribution in [2.75, 3.05) is 42.9 Å². The van der Waals surface area contributed by atoms with Crippen LogP contribution in [0.4, 0.5) is 11.6 Å². The Kier molecular flexibility index (Phi) is 5.39. The molecule has 2 rings (SSSR count). The van der Waals surface area contributed by atoms with Gasteiger partial charge in [0.05, 0.1) is 0 Å². The van der Waals surface area contributed by atoms with E-state index in [0.717, 1.165) is 44.4 Å². The summed E-state index contributed by atoms with van der Waals surface area (Å²) in [4.78, 5) is 14.0. The molecule has 21 heavy (non-hydrogen) atoms. The van der Waals surface area contributed by atoms with Crippen molar-refractivity contribution in [1.82, 2.24) is 14.9 Å². The number of nitrogens with zero attached hydrogens (tertiary/aromatic N) is 4.